The quantitative estimate of drug-likeness (QED) is 0.391. The number of amides is 3. The molecule has 1 N–H and O–H groups in total. The summed E-state index contributed by atoms with van der Waals surface area (Å²) < 4.78 is 5.04. The monoisotopic (exact) mass is 408 g/mol. The summed E-state index contributed by atoms with van der Waals surface area (Å²) in [7, 11) is 0. The topological polar surface area (TPSA) is 92.8 Å². The average Bonchev–Trinajstić information content (AvgIpc) is 2.77. The number of hydrogen-bond donors (Lipinski definition) is 1. The van der Waals surface area contributed by atoms with Gasteiger partial charge in [-0.25, -0.2) is 9.59 Å². The Morgan fingerprint density at radius 3 is 2.43 bits per heavy atom. The van der Waals surface area contributed by atoms with Crippen molar-refractivity contribution in [3.05, 3.63) is 77.4 Å². The van der Waals surface area contributed by atoms with Gasteiger partial charge in [-0.3, -0.25) is 9.69 Å². The van der Waals surface area contributed by atoms with Crippen molar-refractivity contribution in [2.75, 3.05) is 19.7 Å². The maximum Gasteiger partial charge on any atom is 0.338 e. The first-order valence-electron chi connectivity index (χ1n) is 9.58. The summed E-state index contributed by atoms with van der Waals surface area (Å²) in [4.78, 5) is 48.5. The molecule has 2 aromatic carbocycles. The van der Waals surface area contributed by atoms with Crippen molar-refractivity contribution in [1.82, 2.24) is 10.2 Å². The number of nitrogens with zero attached hydrogens (tertiary/aromatic N) is 1. The van der Waals surface area contributed by atoms with Crippen molar-refractivity contribution in [3.63, 3.8) is 0 Å². The van der Waals surface area contributed by atoms with Crippen LogP contribution in [0.2, 0.25) is 0 Å². The summed E-state index contributed by atoms with van der Waals surface area (Å²) in [6, 6.07) is 15.4. The van der Waals surface area contributed by atoms with E-state index in [0.29, 0.717) is 23.8 Å². The zero-order valence-corrected chi connectivity index (χ0v) is 16.7. The molecule has 0 fully saturated rings. The highest BCUT2D eigenvalue weighted by Gasteiger charge is 2.19. The predicted octanol–water partition coefficient (Wildman–Crippen LogP) is 2.86. The number of carbonyl (C=O) groups is 4. The number of ether oxygens (including phenoxy) is 1. The van der Waals surface area contributed by atoms with Crippen molar-refractivity contribution in [2.45, 2.75) is 13.3 Å². The van der Waals surface area contributed by atoms with E-state index in [9.17, 15) is 19.2 Å². The van der Waals surface area contributed by atoms with E-state index >= 15 is 0 Å². The molecule has 2 rings (SSSR count). The van der Waals surface area contributed by atoms with E-state index in [1.807, 2.05) is 30.3 Å². The Balaban J connectivity index is 1.97. The standard InChI is InChI=1S/C23H24N2O5/c1-2-30-22(28)20-11-7-6-10-19(20)14-15-24-23(29)25(16-17-26)21(27)13-12-18-8-4-3-5-9-18/h3-13,17H,2,14-16H2,1H3,(H,24,29)/b13-12+. The average molecular weight is 408 g/mol. The molecule has 0 aromatic heterocycles. The van der Waals surface area contributed by atoms with Gasteiger partial charge in [0.15, 0.2) is 0 Å². The lowest BCUT2D eigenvalue weighted by Crippen LogP contribution is -2.44. The van der Waals surface area contributed by atoms with Crippen molar-refractivity contribution >= 4 is 30.3 Å². The molecule has 0 heterocycles. The third-order valence-electron chi connectivity index (χ3n) is 4.17. The van der Waals surface area contributed by atoms with Crippen molar-refractivity contribution < 1.29 is 23.9 Å². The fraction of sp³-hybridized carbons (Fsp3) is 0.217. The normalized spacial score (nSPS) is 10.4. The van der Waals surface area contributed by atoms with Crippen molar-refractivity contribution in [1.29, 1.82) is 0 Å². The van der Waals surface area contributed by atoms with Crippen LogP contribution in [0.15, 0.2) is 60.7 Å². The van der Waals surface area contributed by atoms with Crippen LogP contribution in [0.5, 0.6) is 0 Å². The van der Waals surface area contributed by atoms with Gasteiger partial charge in [0, 0.05) is 12.6 Å². The highest BCUT2D eigenvalue weighted by atomic mass is 16.5. The van der Waals surface area contributed by atoms with Crippen LogP contribution in [0.4, 0.5) is 4.79 Å². The second-order valence-corrected chi connectivity index (χ2v) is 6.22. The number of urea groups is 1. The lowest BCUT2D eigenvalue weighted by molar-refractivity contribution is -0.125. The molecule has 0 spiro atoms. The number of imide groups is 1. The smallest absolute Gasteiger partial charge is 0.338 e. The first kappa shape index (κ1) is 22.5. The van der Waals surface area contributed by atoms with Crippen LogP contribution in [0.1, 0.15) is 28.4 Å². The molecule has 0 aliphatic rings. The minimum absolute atomic E-state index is 0.181. The summed E-state index contributed by atoms with van der Waals surface area (Å²) >= 11 is 0. The van der Waals surface area contributed by atoms with E-state index in [-0.39, 0.29) is 19.7 Å². The fourth-order valence-electron chi connectivity index (χ4n) is 2.71. The van der Waals surface area contributed by atoms with Gasteiger partial charge < -0.3 is 14.8 Å². The van der Waals surface area contributed by atoms with Gasteiger partial charge in [0.2, 0.25) is 0 Å². The number of aldehydes is 1. The lowest BCUT2D eigenvalue weighted by Gasteiger charge is -2.17. The first-order valence-corrected chi connectivity index (χ1v) is 9.58. The second kappa shape index (κ2) is 12.0. The minimum Gasteiger partial charge on any atom is -0.462 e. The van der Waals surface area contributed by atoms with Gasteiger partial charge in [-0.15, -0.1) is 0 Å². The van der Waals surface area contributed by atoms with Crippen LogP contribution in [-0.4, -0.2) is 48.8 Å². The number of carbonyl (C=O) groups excluding carboxylic acids is 4. The first-order chi connectivity index (χ1) is 14.6. The van der Waals surface area contributed by atoms with E-state index < -0.39 is 17.9 Å². The number of esters is 1. The van der Waals surface area contributed by atoms with Gasteiger partial charge in [-0.1, -0.05) is 48.5 Å². The molecule has 0 aliphatic heterocycles. The van der Waals surface area contributed by atoms with Crippen LogP contribution in [-0.2, 0) is 20.7 Å². The van der Waals surface area contributed by atoms with Crippen LogP contribution in [0.3, 0.4) is 0 Å². The highest BCUT2D eigenvalue weighted by molar-refractivity contribution is 6.03. The number of rotatable bonds is 9. The molecular formula is C23H24N2O5. The molecule has 0 saturated heterocycles. The summed E-state index contributed by atoms with van der Waals surface area (Å²) in [6.45, 7) is 1.82. The van der Waals surface area contributed by atoms with E-state index in [2.05, 4.69) is 5.32 Å². The van der Waals surface area contributed by atoms with Gasteiger partial charge in [0.1, 0.15) is 6.29 Å². The number of nitrogens with one attached hydrogen (secondary N) is 1. The zero-order valence-electron chi connectivity index (χ0n) is 16.7. The summed E-state index contributed by atoms with van der Waals surface area (Å²) in [5, 5.41) is 2.61. The van der Waals surface area contributed by atoms with Crippen LogP contribution in [0, 0.1) is 0 Å². The summed E-state index contributed by atoms with van der Waals surface area (Å²) in [5.74, 6) is -1.03. The molecule has 0 unspecified atom stereocenters. The van der Waals surface area contributed by atoms with E-state index in [1.165, 1.54) is 6.08 Å². The Morgan fingerprint density at radius 2 is 1.73 bits per heavy atom. The Bertz CT molecular complexity index is 909. The molecule has 7 nitrogen and oxygen atoms in total. The Morgan fingerprint density at radius 1 is 1.03 bits per heavy atom. The predicted molar refractivity (Wildman–Crippen MR) is 113 cm³/mol. The molecule has 30 heavy (non-hydrogen) atoms. The van der Waals surface area contributed by atoms with Gasteiger partial charge in [0.25, 0.3) is 5.91 Å². The van der Waals surface area contributed by atoms with E-state index in [4.69, 9.17) is 4.74 Å². The largest absolute Gasteiger partial charge is 0.462 e. The van der Waals surface area contributed by atoms with Crippen LogP contribution in [0.25, 0.3) is 6.08 Å². The minimum atomic E-state index is -0.682. The molecule has 7 heteroatoms. The lowest BCUT2D eigenvalue weighted by atomic mass is 10.0. The molecule has 3 amide bonds. The van der Waals surface area contributed by atoms with Crippen molar-refractivity contribution in [2.24, 2.45) is 0 Å². The molecule has 0 radical (unpaired) electrons. The SMILES string of the molecule is CCOC(=O)c1ccccc1CCNC(=O)N(CC=O)C(=O)/C=C/c1ccccc1. The van der Waals surface area contributed by atoms with E-state index in [0.717, 1.165) is 10.5 Å². The molecule has 0 bridgehead atoms. The zero-order chi connectivity index (χ0) is 21.8. The molecule has 0 aliphatic carbocycles. The maximum absolute atomic E-state index is 12.4. The second-order valence-electron chi connectivity index (χ2n) is 6.22. The third-order valence-corrected chi connectivity index (χ3v) is 4.17. The molecular weight excluding hydrogens is 384 g/mol. The van der Waals surface area contributed by atoms with Crippen LogP contribution >= 0.6 is 0 Å². The van der Waals surface area contributed by atoms with Gasteiger partial charge in [-0.2, -0.15) is 0 Å². The van der Waals surface area contributed by atoms with Gasteiger partial charge in [-0.05, 0) is 36.6 Å². The molecule has 0 atom stereocenters. The van der Waals surface area contributed by atoms with Gasteiger partial charge in [0.05, 0.1) is 18.7 Å². The third kappa shape index (κ3) is 6.70. The van der Waals surface area contributed by atoms with E-state index in [1.54, 1.807) is 37.3 Å². The summed E-state index contributed by atoms with van der Waals surface area (Å²) in [6.07, 6.45) is 3.67. The molecule has 0 saturated carbocycles. The molecule has 2 aromatic rings. The Labute approximate surface area is 175 Å². The number of hydrogen-bond acceptors (Lipinski definition) is 5. The maximum atomic E-state index is 12.4. The Hall–Kier alpha value is -3.74. The van der Waals surface area contributed by atoms with Crippen LogP contribution < -0.4 is 5.32 Å². The Kier molecular flexibility index (Phi) is 8.99. The molecule has 156 valence electrons. The summed E-state index contributed by atoms with van der Waals surface area (Å²) in [5.41, 5.74) is 1.95. The van der Waals surface area contributed by atoms with Gasteiger partial charge >= 0.3 is 12.0 Å². The number of benzene rings is 2. The van der Waals surface area contributed by atoms with Crippen molar-refractivity contribution in [3.8, 4) is 0 Å². The highest BCUT2D eigenvalue weighted by Crippen LogP contribution is 2.11. The fourth-order valence-corrected chi connectivity index (χ4v) is 2.71.